The Morgan fingerprint density at radius 3 is 2.67 bits per heavy atom. The lowest BCUT2D eigenvalue weighted by Crippen LogP contribution is -3.15. The topological polar surface area (TPSA) is 73.6 Å². The summed E-state index contributed by atoms with van der Waals surface area (Å²) in [6.07, 6.45) is 0.713. The minimum absolute atomic E-state index is 0.0737. The third-order valence-corrected chi connectivity index (χ3v) is 4.14. The molecule has 0 aliphatic carbocycles. The summed E-state index contributed by atoms with van der Waals surface area (Å²) in [7, 11) is 0. The summed E-state index contributed by atoms with van der Waals surface area (Å²) in [4.78, 5) is 13.3. The first kappa shape index (κ1) is 16.7. The Bertz CT molecular complexity index is 612. The first-order valence-corrected chi connectivity index (χ1v) is 8.43. The van der Waals surface area contributed by atoms with E-state index in [1.165, 1.54) is 4.90 Å². The number of quaternary nitrogens is 1. The summed E-state index contributed by atoms with van der Waals surface area (Å²) in [5.74, 6) is 1.40. The van der Waals surface area contributed by atoms with Crippen molar-refractivity contribution in [2.75, 3.05) is 46.1 Å². The third kappa shape index (κ3) is 4.24. The second-order valence-electron chi connectivity index (χ2n) is 5.84. The van der Waals surface area contributed by atoms with Crippen LogP contribution in [-0.2, 0) is 9.53 Å². The van der Waals surface area contributed by atoms with Gasteiger partial charge in [0.2, 0.25) is 0 Å². The lowest BCUT2D eigenvalue weighted by molar-refractivity contribution is -0.900. The molecule has 7 nitrogen and oxygen atoms in total. The highest BCUT2D eigenvalue weighted by molar-refractivity contribution is 6.01. The van der Waals surface area contributed by atoms with Gasteiger partial charge in [0.05, 0.1) is 18.9 Å². The molecule has 7 heteroatoms. The van der Waals surface area contributed by atoms with Crippen LogP contribution >= 0.6 is 0 Å². The number of nitrogens with zero attached hydrogens (tertiary/aromatic N) is 1. The van der Waals surface area contributed by atoms with E-state index >= 15 is 0 Å². The van der Waals surface area contributed by atoms with E-state index in [4.69, 9.17) is 14.2 Å². The summed E-state index contributed by atoms with van der Waals surface area (Å²) >= 11 is 0. The van der Waals surface area contributed by atoms with Gasteiger partial charge in [0.1, 0.15) is 26.3 Å². The molecule has 1 saturated heterocycles. The van der Waals surface area contributed by atoms with Crippen LogP contribution in [0, 0.1) is 0 Å². The molecule has 2 aliphatic rings. The van der Waals surface area contributed by atoms with Gasteiger partial charge in [-0.1, -0.05) is 6.92 Å². The van der Waals surface area contributed by atoms with Crippen LogP contribution in [0.25, 0.3) is 0 Å². The molecule has 1 aromatic rings. The predicted octanol–water partition coefficient (Wildman–Crippen LogP) is -0.397. The highest BCUT2D eigenvalue weighted by Crippen LogP contribution is 2.31. The molecule has 1 amide bonds. The Labute approximate surface area is 141 Å². The molecule has 0 bridgehead atoms. The third-order valence-electron chi connectivity index (χ3n) is 4.14. The number of carbonyl (C=O) groups excluding carboxylic acids is 1. The van der Waals surface area contributed by atoms with E-state index in [0.29, 0.717) is 39.4 Å². The molecule has 2 N–H and O–H groups in total. The molecule has 0 saturated carbocycles. The maximum absolute atomic E-state index is 12.1. The summed E-state index contributed by atoms with van der Waals surface area (Å²) in [5.41, 5.74) is 4.42. The van der Waals surface area contributed by atoms with Crippen molar-refractivity contribution in [1.82, 2.24) is 5.43 Å². The number of morpholine rings is 1. The summed E-state index contributed by atoms with van der Waals surface area (Å²) in [6.45, 7) is 6.70. The van der Waals surface area contributed by atoms with E-state index in [1.54, 1.807) is 0 Å². The van der Waals surface area contributed by atoms with Gasteiger partial charge in [0.15, 0.2) is 18.0 Å². The Morgan fingerprint density at radius 2 is 1.92 bits per heavy atom. The largest absolute Gasteiger partial charge is 0.486 e. The van der Waals surface area contributed by atoms with Gasteiger partial charge in [0, 0.05) is 5.56 Å². The summed E-state index contributed by atoms with van der Waals surface area (Å²) in [5, 5.41) is 4.30. The van der Waals surface area contributed by atoms with Crippen molar-refractivity contribution in [2.45, 2.75) is 13.3 Å². The van der Waals surface area contributed by atoms with Gasteiger partial charge in [-0.3, -0.25) is 4.79 Å². The molecule has 130 valence electrons. The molecule has 3 rings (SSSR count). The second kappa shape index (κ2) is 8.12. The smallest absolute Gasteiger partial charge is 0.295 e. The maximum Gasteiger partial charge on any atom is 0.295 e. The van der Waals surface area contributed by atoms with E-state index in [9.17, 15) is 4.79 Å². The van der Waals surface area contributed by atoms with Crippen LogP contribution in [0.5, 0.6) is 11.5 Å². The number of ether oxygens (including phenoxy) is 3. The number of nitrogens with one attached hydrogen (secondary N) is 2. The standard InChI is InChI=1S/C17H23N3O4/c1-2-14(13-3-4-15-16(11-13)24-10-9-23-15)18-19-17(21)12-20-5-7-22-8-6-20/h3-4,11H,2,5-10,12H2,1H3,(H,19,21)/p+1/b18-14-. The zero-order valence-corrected chi connectivity index (χ0v) is 14.0. The first-order valence-electron chi connectivity index (χ1n) is 8.43. The molecule has 0 atom stereocenters. The molecule has 1 fully saturated rings. The Kier molecular flexibility index (Phi) is 5.66. The second-order valence-corrected chi connectivity index (χ2v) is 5.84. The Balaban J connectivity index is 1.62. The molecule has 1 aromatic carbocycles. The van der Waals surface area contributed by atoms with E-state index in [-0.39, 0.29) is 5.91 Å². The fraction of sp³-hybridized carbons (Fsp3) is 0.529. The van der Waals surface area contributed by atoms with Gasteiger partial charge < -0.3 is 19.1 Å². The van der Waals surface area contributed by atoms with Crippen molar-refractivity contribution in [2.24, 2.45) is 5.10 Å². The molecule has 0 radical (unpaired) electrons. The van der Waals surface area contributed by atoms with Crippen molar-refractivity contribution < 1.29 is 23.9 Å². The number of benzene rings is 1. The van der Waals surface area contributed by atoms with Gasteiger partial charge in [-0.2, -0.15) is 5.10 Å². The van der Waals surface area contributed by atoms with Crippen molar-refractivity contribution >= 4 is 11.6 Å². The minimum atomic E-state index is -0.0737. The minimum Gasteiger partial charge on any atom is -0.486 e. The zero-order chi connectivity index (χ0) is 16.8. The molecule has 2 aliphatic heterocycles. The number of amides is 1. The lowest BCUT2D eigenvalue weighted by atomic mass is 10.1. The monoisotopic (exact) mass is 334 g/mol. The number of hydrazone groups is 1. The van der Waals surface area contributed by atoms with Crippen LogP contribution < -0.4 is 19.8 Å². The normalized spacial score (nSPS) is 18.3. The van der Waals surface area contributed by atoms with Crippen molar-refractivity contribution in [3.05, 3.63) is 23.8 Å². The quantitative estimate of drug-likeness (QED) is 0.568. The van der Waals surface area contributed by atoms with E-state index < -0.39 is 0 Å². The van der Waals surface area contributed by atoms with E-state index in [2.05, 4.69) is 10.5 Å². The first-order chi connectivity index (χ1) is 11.8. The summed E-state index contributed by atoms with van der Waals surface area (Å²) < 4.78 is 16.4. The average molecular weight is 334 g/mol. The van der Waals surface area contributed by atoms with Crippen LogP contribution in [0.4, 0.5) is 0 Å². The highest BCUT2D eigenvalue weighted by atomic mass is 16.6. The van der Waals surface area contributed by atoms with Crippen LogP contribution in [0.15, 0.2) is 23.3 Å². The van der Waals surface area contributed by atoms with Crippen molar-refractivity contribution in [3.8, 4) is 11.5 Å². The lowest BCUT2D eigenvalue weighted by Gasteiger charge is -2.22. The number of rotatable bonds is 5. The number of hydrogen-bond acceptors (Lipinski definition) is 5. The van der Waals surface area contributed by atoms with Crippen molar-refractivity contribution in [3.63, 3.8) is 0 Å². The van der Waals surface area contributed by atoms with Crippen LogP contribution in [0.3, 0.4) is 0 Å². The van der Waals surface area contributed by atoms with Gasteiger partial charge >= 0.3 is 0 Å². The molecule has 0 aromatic heterocycles. The highest BCUT2D eigenvalue weighted by Gasteiger charge is 2.18. The molecule has 24 heavy (non-hydrogen) atoms. The van der Waals surface area contributed by atoms with Crippen LogP contribution in [-0.4, -0.2) is 57.7 Å². The number of carbonyl (C=O) groups is 1. The van der Waals surface area contributed by atoms with Gasteiger partial charge in [-0.25, -0.2) is 5.43 Å². The molecule has 0 unspecified atom stereocenters. The zero-order valence-electron chi connectivity index (χ0n) is 14.0. The molecular weight excluding hydrogens is 310 g/mol. The average Bonchev–Trinajstić information content (AvgIpc) is 2.63. The summed E-state index contributed by atoms with van der Waals surface area (Å²) in [6, 6.07) is 5.74. The number of fused-ring (bicyclic) bond motifs is 1. The SMILES string of the molecule is CC/C(=N/NC(=O)C[NH+]1CCOCC1)c1ccc2c(c1)OCCO2. The van der Waals surface area contributed by atoms with Gasteiger partial charge in [0.25, 0.3) is 5.91 Å². The Hall–Kier alpha value is -2.12. The van der Waals surface area contributed by atoms with E-state index in [1.807, 2.05) is 25.1 Å². The van der Waals surface area contributed by atoms with Crippen LogP contribution in [0.2, 0.25) is 0 Å². The fourth-order valence-electron chi connectivity index (χ4n) is 2.80. The predicted molar refractivity (Wildman–Crippen MR) is 88.8 cm³/mol. The van der Waals surface area contributed by atoms with Gasteiger partial charge in [-0.05, 0) is 24.6 Å². The molecular formula is C17H24N3O4+. The number of hydrogen-bond donors (Lipinski definition) is 2. The molecule has 2 heterocycles. The van der Waals surface area contributed by atoms with Crippen molar-refractivity contribution in [1.29, 1.82) is 0 Å². The fourth-order valence-corrected chi connectivity index (χ4v) is 2.80. The van der Waals surface area contributed by atoms with E-state index in [0.717, 1.165) is 35.9 Å². The van der Waals surface area contributed by atoms with Gasteiger partial charge in [-0.15, -0.1) is 0 Å². The van der Waals surface area contributed by atoms with Crippen LogP contribution in [0.1, 0.15) is 18.9 Å². The Morgan fingerprint density at radius 1 is 1.17 bits per heavy atom. The maximum atomic E-state index is 12.1. The molecule has 0 spiro atoms.